The number of ether oxygens (including phenoxy) is 2. The van der Waals surface area contributed by atoms with Crippen LogP contribution in [0.5, 0.6) is 0 Å². The number of hydrogen-bond donors (Lipinski definition) is 6. The van der Waals surface area contributed by atoms with E-state index in [1.54, 1.807) is 6.92 Å². The molecule has 3 fully saturated rings. The van der Waals surface area contributed by atoms with Crippen LogP contribution in [0.2, 0.25) is 0 Å². The Kier molecular flexibility index (Phi) is 8.68. The van der Waals surface area contributed by atoms with Gasteiger partial charge in [-0.15, -0.1) is 0 Å². The molecule has 1 unspecified atom stereocenters. The van der Waals surface area contributed by atoms with Crippen LogP contribution in [0.25, 0.3) is 22.3 Å². The Morgan fingerprint density at radius 2 is 1.73 bits per heavy atom. The Morgan fingerprint density at radius 1 is 1.02 bits per heavy atom. The van der Waals surface area contributed by atoms with Crippen LogP contribution in [0, 0.1) is 5.92 Å². The molecule has 4 aromatic rings. The highest BCUT2D eigenvalue weighted by Gasteiger charge is 2.59. The maximum Gasteiger partial charge on any atom is 0.386 e. The second-order valence-corrected chi connectivity index (χ2v) is 17.3. The molecule has 7 rings (SSSR count). The van der Waals surface area contributed by atoms with Crippen molar-refractivity contribution in [3.05, 3.63) is 29.3 Å². The molecule has 7 heterocycles. The summed E-state index contributed by atoms with van der Waals surface area (Å²) in [5, 5.41) is 11.4. The zero-order chi connectivity index (χ0) is 34.2. The van der Waals surface area contributed by atoms with Crippen molar-refractivity contribution >= 4 is 72.2 Å². The molecule has 4 aromatic heterocycles. The number of aromatic amines is 1. The molecule has 260 valence electrons. The molecular weight excluding hydrogens is 714 g/mol. The molecule has 3 aliphatic rings. The van der Waals surface area contributed by atoms with Gasteiger partial charge in [0.15, 0.2) is 28.9 Å². The van der Waals surface area contributed by atoms with Crippen molar-refractivity contribution in [3.8, 4) is 0 Å². The number of rotatable bonds is 4. The second-order valence-electron chi connectivity index (χ2n) is 11.5. The first kappa shape index (κ1) is 33.9. The maximum absolute atomic E-state index is 13.9. The monoisotopic (exact) mass is 746 g/mol. The van der Waals surface area contributed by atoms with E-state index in [4.69, 9.17) is 39.0 Å². The molecule has 0 aromatic carbocycles. The molecule has 0 radical (unpaired) electrons. The zero-order valence-electron chi connectivity index (χ0n) is 25.3. The smallest absolute Gasteiger partial charge is 0.386 e. The summed E-state index contributed by atoms with van der Waals surface area (Å²) in [4.78, 5) is 35.6. The SMILES string of the molecule is CC[C@H]1[C@H](n2cnc3c(=O)[nH]c(N)nc32)O[C@]2(CC)COP(=O)(S)O[C@H]3[C@@H](O)[C@H](n4cnc5c(N)ncnc54)O[C@@H]3CO[P@@](=O)(S)O[C@@H]12. The quantitative estimate of drug-likeness (QED) is 0.129. The molecule has 20 nitrogen and oxygen atoms in total. The molecule has 0 amide bonds. The predicted octanol–water partition coefficient (Wildman–Crippen LogP) is 1.98. The van der Waals surface area contributed by atoms with Crippen molar-refractivity contribution < 1.29 is 41.8 Å². The van der Waals surface area contributed by atoms with Gasteiger partial charge in [0, 0.05) is 5.92 Å². The fourth-order valence-corrected chi connectivity index (χ4v) is 9.45. The number of nitrogens with two attached hydrogens (primary N) is 2. The first-order valence-corrected chi connectivity index (χ1v) is 20.1. The van der Waals surface area contributed by atoms with E-state index in [0.29, 0.717) is 6.42 Å². The number of H-pyrrole nitrogens is 1. The van der Waals surface area contributed by atoms with Gasteiger partial charge < -0.3 is 26.0 Å². The third-order valence-electron chi connectivity index (χ3n) is 8.77. The van der Waals surface area contributed by atoms with E-state index in [1.165, 1.54) is 28.1 Å². The van der Waals surface area contributed by atoms with Crippen molar-refractivity contribution in [1.82, 2.24) is 39.0 Å². The first-order chi connectivity index (χ1) is 22.8. The third kappa shape index (κ3) is 5.75. The predicted molar refractivity (Wildman–Crippen MR) is 174 cm³/mol. The summed E-state index contributed by atoms with van der Waals surface area (Å²) in [6.45, 7) is -5.81. The lowest BCUT2D eigenvalue weighted by atomic mass is 9.87. The molecule has 48 heavy (non-hydrogen) atoms. The summed E-state index contributed by atoms with van der Waals surface area (Å²) in [5.74, 6) is -0.598. The largest absolute Gasteiger partial charge is 0.386 e. The minimum atomic E-state index is -4.29. The average molecular weight is 747 g/mol. The zero-order valence-corrected chi connectivity index (χ0v) is 28.9. The van der Waals surface area contributed by atoms with Gasteiger partial charge >= 0.3 is 13.6 Å². The van der Waals surface area contributed by atoms with Crippen LogP contribution in [0.4, 0.5) is 11.8 Å². The van der Waals surface area contributed by atoms with Crippen LogP contribution in [0.15, 0.2) is 23.8 Å². The lowest BCUT2D eigenvalue weighted by Gasteiger charge is -2.36. The van der Waals surface area contributed by atoms with Crippen LogP contribution in [0.3, 0.4) is 0 Å². The van der Waals surface area contributed by atoms with Crippen LogP contribution in [-0.2, 0) is 36.7 Å². The number of thiol groups is 2. The highest BCUT2D eigenvalue weighted by molar-refractivity contribution is 8.44. The molecule has 0 spiro atoms. The second kappa shape index (κ2) is 12.3. The fraction of sp³-hybridized carbons (Fsp3) is 0.583. The number of aliphatic hydroxyl groups excluding tert-OH is 1. The number of nitrogen functional groups attached to an aromatic ring is 2. The number of hydrogen-bond acceptors (Lipinski definition) is 17. The van der Waals surface area contributed by atoms with Crippen molar-refractivity contribution in [2.75, 3.05) is 24.7 Å². The van der Waals surface area contributed by atoms with Gasteiger partial charge in [-0.2, -0.15) is 4.98 Å². The standard InChI is InChI=1S/C24H32N10O10P2S2/c1-3-10-16-24(4-2,42-21(10)34-9-30-13-19(34)31-23(26)32-20(13)36)6-40-46(38,48)43-15-11(5-39-45(37,47)44-16)41-22(14(15)35)33-8-29-12-17(25)27-7-28-18(12)33/h7-11,14-16,21-22,35H,3-6H2,1-2H3,(H,37,47)(H,38,48)(H2,25,27,28)(H3,26,31,32,36)/t10-,11-,14-,15-,16+,21-,22-,24-,45-,46?/m1/s1. The number of fused-ring (bicyclic) bond motifs is 4. The first-order valence-electron chi connectivity index (χ1n) is 14.7. The lowest BCUT2D eigenvalue weighted by molar-refractivity contribution is -0.124. The molecule has 0 bridgehead atoms. The van der Waals surface area contributed by atoms with Crippen molar-refractivity contribution in [3.63, 3.8) is 0 Å². The Bertz CT molecular complexity index is 2030. The third-order valence-corrected chi connectivity index (χ3v) is 12.0. The molecule has 6 N–H and O–H groups in total. The van der Waals surface area contributed by atoms with E-state index in [-0.39, 0.29) is 40.5 Å². The summed E-state index contributed by atoms with van der Waals surface area (Å²) in [7, 11) is 0. The molecule has 24 heteroatoms. The topological polar surface area (TPSA) is 269 Å². The number of nitrogens with one attached hydrogen (secondary N) is 1. The van der Waals surface area contributed by atoms with Crippen molar-refractivity contribution in [2.24, 2.45) is 5.92 Å². The molecule has 0 saturated carbocycles. The van der Waals surface area contributed by atoms with Crippen LogP contribution >= 0.6 is 38.1 Å². The van der Waals surface area contributed by atoms with Gasteiger partial charge in [0.05, 0.1) is 25.9 Å². The molecule has 3 saturated heterocycles. The summed E-state index contributed by atoms with van der Waals surface area (Å²) in [5.41, 5.74) is 10.4. The molecule has 0 aliphatic carbocycles. The number of aromatic nitrogens is 8. The summed E-state index contributed by atoms with van der Waals surface area (Å²) >= 11 is 8.50. The van der Waals surface area contributed by atoms with Gasteiger partial charge in [-0.05, 0) is 12.8 Å². The fourth-order valence-electron chi connectivity index (χ4n) is 6.41. The van der Waals surface area contributed by atoms with Gasteiger partial charge in [-0.25, -0.2) is 29.1 Å². The van der Waals surface area contributed by atoms with Crippen molar-refractivity contribution in [1.29, 1.82) is 0 Å². The van der Waals surface area contributed by atoms with E-state index in [9.17, 15) is 19.0 Å². The van der Waals surface area contributed by atoms with E-state index in [0.717, 1.165) is 0 Å². The Balaban J connectivity index is 1.23. The highest BCUT2D eigenvalue weighted by atomic mass is 32.7. The van der Waals surface area contributed by atoms with E-state index >= 15 is 0 Å². The van der Waals surface area contributed by atoms with Gasteiger partial charge in [0.1, 0.15) is 48.1 Å². The lowest BCUT2D eigenvalue weighted by Crippen LogP contribution is -2.46. The number of anilines is 2. The van der Waals surface area contributed by atoms with Gasteiger partial charge in [0.25, 0.3) is 5.56 Å². The number of imidazole rings is 2. The Hall–Kier alpha value is -2.62. The van der Waals surface area contributed by atoms with Crippen LogP contribution in [-0.4, -0.2) is 87.4 Å². The van der Waals surface area contributed by atoms with Gasteiger partial charge in [-0.3, -0.25) is 37.0 Å². The van der Waals surface area contributed by atoms with Gasteiger partial charge in [-0.1, -0.05) is 38.3 Å². The molecule has 10 atom stereocenters. The molecule has 3 aliphatic heterocycles. The average Bonchev–Trinajstić information content (AvgIpc) is 3.79. The Morgan fingerprint density at radius 3 is 2.46 bits per heavy atom. The minimum Gasteiger partial charge on any atom is -0.386 e. The van der Waals surface area contributed by atoms with Gasteiger partial charge in [0.2, 0.25) is 5.95 Å². The summed E-state index contributed by atoms with van der Waals surface area (Å²) in [6, 6.07) is 0. The van der Waals surface area contributed by atoms with Crippen LogP contribution in [0.1, 0.15) is 39.1 Å². The minimum absolute atomic E-state index is 0.0238. The molecular formula is C24H32N10O10P2S2. The maximum atomic E-state index is 13.9. The summed E-state index contributed by atoms with van der Waals surface area (Å²) in [6.07, 6.45) is -2.63. The van der Waals surface area contributed by atoms with Crippen LogP contribution < -0.4 is 17.0 Å². The normalized spacial score (nSPS) is 37.6. The summed E-state index contributed by atoms with van der Waals surface area (Å²) < 4.78 is 66.9. The van der Waals surface area contributed by atoms with E-state index in [2.05, 4.69) is 54.4 Å². The number of aliphatic hydroxyl groups is 1. The highest BCUT2D eigenvalue weighted by Crippen LogP contribution is 2.63. The van der Waals surface area contributed by atoms with E-state index < -0.39 is 80.8 Å². The van der Waals surface area contributed by atoms with E-state index in [1.807, 2.05) is 6.92 Å². The number of nitrogens with zero attached hydrogens (tertiary/aromatic N) is 7. The van der Waals surface area contributed by atoms with Crippen molar-refractivity contribution in [2.45, 2.75) is 69.2 Å². The Labute approximate surface area is 281 Å².